The second-order valence-corrected chi connectivity index (χ2v) is 6.31. The normalized spacial score (nSPS) is 10.7. The molecule has 0 saturated carbocycles. The van der Waals surface area contributed by atoms with Gasteiger partial charge >= 0.3 is 0 Å². The first-order valence-corrected chi connectivity index (χ1v) is 8.27. The van der Waals surface area contributed by atoms with E-state index >= 15 is 0 Å². The fourth-order valence-electron chi connectivity index (χ4n) is 1.99. The van der Waals surface area contributed by atoms with Gasteiger partial charge in [0.05, 0.1) is 11.4 Å². The van der Waals surface area contributed by atoms with Crippen LogP contribution >= 0.6 is 23.4 Å². The molecule has 0 amide bonds. The van der Waals surface area contributed by atoms with Crippen LogP contribution in [-0.4, -0.2) is 31.7 Å². The SMILES string of the molecule is Cc1ccc(C(=O)CSc2nnnn2-c2cccc(Cl)c2)cc1. The van der Waals surface area contributed by atoms with E-state index in [0.29, 0.717) is 15.7 Å². The van der Waals surface area contributed by atoms with Gasteiger partial charge in [-0.2, -0.15) is 4.68 Å². The maximum Gasteiger partial charge on any atom is 0.214 e. The Hall–Kier alpha value is -2.18. The van der Waals surface area contributed by atoms with Gasteiger partial charge < -0.3 is 0 Å². The Morgan fingerprint density at radius 1 is 1.22 bits per heavy atom. The molecule has 3 aromatic rings. The third-order valence-electron chi connectivity index (χ3n) is 3.20. The summed E-state index contributed by atoms with van der Waals surface area (Å²) in [6, 6.07) is 14.7. The third-order valence-corrected chi connectivity index (χ3v) is 4.35. The number of thioether (sulfide) groups is 1. The number of benzene rings is 2. The lowest BCUT2D eigenvalue weighted by atomic mass is 10.1. The van der Waals surface area contributed by atoms with E-state index in [9.17, 15) is 4.79 Å². The van der Waals surface area contributed by atoms with Crippen molar-refractivity contribution in [3.8, 4) is 5.69 Å². The Kier molecular flexibility index (Phi) is 4.73. The predicted molar refractivity (Wildman–Crippen MR) is 90.4 cm³/mol. The number of ketones is 1. The van der Waals surface area contributed by atoms with Crippen molar-refractivity contribution in [1.82, 2.24) is 20.2 Å². The highest BCUT2D eigenvalue weighted by Gasteiger charge is 2.13. The zero-order chi connectivity index (χ0) is 16.2. The second kappa shape index (κ2) is 6.93. The number of nitrogens with zero attached hydrogens (tertiary/aromatic N) is 4. The number of carbonyl (C=O) groups excluding carboxylic acids is 1. The zero-order valence-electron chi connectivity index (χ0n) is 12.3. The van der Waals surface area contributed by atoms with Gasteiger partial charge in [-0.15, -0.1) is 5.10 Å². The van der Waals surface area contributed by atoms with E-state index in [4.69, 9.17) is 11.6 Å². The first-order chi connectivity index (χ1) is 11.1. The molecule has 1 heterocycles. The predicted octanol–water partition coefficient (Wildman–Crippen LogP) is 3.60. The van der Waals surface area contributed by atoms with E-state index in [0.717, 1.165) is 11.3 Å². The summed E-state index contributed by atoms with van der Waals surface area (Å²) < 4.78 is 1.57. The maximum atomic E-state index is 12.2. The largest absolute Gasteiger partial charge is 0.293 e. The minimum atomic E-state index is 0.0376. The Bertz CT molecular complexity index is 832. The number of aryl methyl sites for hydroxylation is 1. The summed E-state index contributed by atoms with van der Waals surface area (Å²) in [6.45, 7) is 1.99. The quantitative estimate of drug-likeness (QED) is 0.522. The van der Waals surface area contributed by atoms with E-state index in [1.54, 1.807) is 16.8 Å². The zero-order valence-corrected chi connectivity index (χ0v) is 13.9. The molecule has 2 aromatic carbocycles. The van der Waals surface area contributed by atoms with Gasteiger partial charge in [0.1, 0.15) is 0 Å². The van der Waals surface area contributed by atoms with Crippen LogP contribution in [0.4, 0.5) is 0 Å². The molecule has 3 rings (SSSR count). The highest BCUT2D eigenvalue weighted by atomic mass is 35.5. The molecular weight excluding hydrogens is 332 g/mol. The summed E-state index contributed by atoms with van der Waals surface area (Å²) in [5, 5.41) is 12.8. The van der Waals surface area contributed by atoms with E-state index in [1.165, 1.54) is 11.8 Å². The van der Waals surface area contributed by atoms with E-state index in [2.05, 4.69) is 15.5 Å². The lowest BCUT2D eigenvalue weighted by Crippen LogP contribution is -2.05. The van der Waals surface area contributed by atoms with Crippen LogP contribution in [0.25, 0.3) is 5.69 Å². The van der Waals surface area contributed by atoms with Crippen LogP contribution in [0.5, 0.6) is 0 Å². The lowest BCUT2D eigenvalue weighted by Gasteiger charge is -2.04. The summed E-state index contributed by atoms with van der Waals surface area (Å²) in [6.07, 6.45) is 0. The average Bonchev–Trinajstić information content (AvgIpc) is 3.02. The minimum Gasteiger partial charge on any atom is -0.293 e. The second-order valence-electron chi connectivity index (χ2n) is 4.93. The van der Waals surface area contributed by atoms with Gasteiger partial charge in [0, 0.05) is 10.6 Å². The van der Waals surface area contributed by atoms with Gasteiger partial charge in [-0.25, -0.2) is 0 Å². The van der Waals surface area contributed by atoms with Crippen LogP contribution in [-0.2, 0) is 0 Å². The van der Waals surface area contributed by atoms with Crippen LogP contribution in [0.1, 0.15) is 15.9 Å². The topological polar surface area (TPSA) is 60.7 Å². The highest BCUT2D eigenvalue weighted by Crippen LogP contribution is 2.21. The number of Topliss-reactive ketones (excluding diaryl/α,β-unsaturated/α-hetero) is 1. The number of halogens is 1. The molecule has 23 heavy (non-hydrogen) atoms. The van der Waals surface area contributed by atoms with Crippen molar-refractivity contribution in [3.63, 3.8) is 0 Å². The Morgan fingerprint density at radius 3 is 2.74 bits per heavy atom. The van der Waals surface area contributed by atoms with Gasteiger partial charge in [-0.3, -0.25) is 4.79 Å². The van der Waals surface area contributed by atoms with Gasteiger partial charge in [-0.05, 0) is 35.5 Å². The summed E-state index contributed by atoms with van der Waals surface area (Å²) in [5.74, 6) is 0.305. The third kappa shape index (κ3) is 3.78. The van der Waals surface area contributed by atoms with Gasteiger partial charge in [0.15, 0.2) is 5.78 Å². The van der Waals surface area contributed by atoms with Crippen LogP contribution in [0.15, 0.2) is 53.7 Å². The van der Waals surface area contributed by atoms with Crippen molar-refractivity contribution in [2.75, 3.05) is 5.75 Å². The van der Waals surface area contributed by atoms with Crippen molar-refractivity contribution in [2.45, 2.75) is 12.1 Å². The van der Waals surface area contributed by atoms with Crippen molar-refractivity contribution >= 4 is 29.1 Å². The molecule has 5 nitrogen and oxygen atoms in total. The fourth-order valence-corrected chi connectivity index (χ4v) is 2.96. The molecule has 116 valence electrons. The standard InChI is InChI=1S/C16H13ClN4OS/c1-11-5-7-12(8-6-11)15(22)10-23-16-18-19-20-21(16)14-4-2-3-13(17)9-14/h2-9H,10H2,1H3. The molecule has 0 spiro atoms. The van der Waals surface area contributed by atoms with Crippen LogP contribution in [0, 0.1) is 6.92 Å². The molecule has 7 heteroatoms. The molecular formula is C16H13ClN4OS. The molecule has 1 aromatic heterocycles. The van der Waals surface area contributed by atoms with Crippen molar-refractivity contribution in [2.24, 2.45) is 0 Å². The maximum absolute atomic E-state index is 12.2. The fraction of sp³-hybridized carbons (Fsp3) is 0.125. The van der Waals surface area contributed by atoms with Crippen molar-refractivity contribution < 1.29 is 4.79 Å². The van der Waals surface area contributed by atoms with Crippen molar-refractivity contribution in [1.29, 1.82) is 0 Å². The molecule has 0 radical (unpaired) electrons. The van der Waals surface area contributed by atoms with Gasteiger partial charge in [0.2, 0.25) is 5.16 Å². The molecule has 0 unspecified atom stereocenters. The molecule has 0 bridgehead atoms. The summed E-state index contributed by atoms with van der Waals surface area (Å²) in [7, 11) is 0. The molecule has 0 atom stereocenters. The first-order valence-electron chi connectivity index (χ1n) is 6.90. The van der Waals surface area contributed by atoms with Crippen molar-refractivity contribution in [3.05, 3.63) is 64.7 Å². The molecule has 0 aliphatic rings. The van der Waals surface area contributed by atoms with Crippen LogP contribution in [0.2, 0.25) is 5.02 Å². The minimum absolute atomic E-state index is 0.0376. The Balaban J connectivity index is 1.73. The molecule has 0 saturated heterocycles. The Morgan fingerprint density at radius 2 is 2.00 bits per heavy atom. The van der Waals surface area contributed by atoms with Crippen LogP contribution in [0.3, 0.4) is 0 Å². The number of aromatic nitrogens is 4. The molecule has 0 aliphatic heterocycles. The van der Waals surface area contributed by atoms with Crippen LogP contribution < -0.4 is 0 Å². The van der Waals surface area contributed by atoms with Gasteiger partial charge in [-0.1, -0.05) is 59.3 Å². The molecule has 0 fully saturated rings. The number of tetrazole rings is 1. The monoisotopic (exact) mass is 344 g/mol. The molecule has 0 N–H and O–H groups in total. The smallest absolute Gasteiger partial charge is 0.214 e. The Labute approximate surface area is 142 Å². The van der Waals surface area contributed by atoms with Gasteiger partial charge in [0.25, 0.3) is 0 Å². The number of hydrogen-bond acceptors (Lipinski definition) is 5. The summed E-state index contributed by atoms with van der Waals surface area (Å²) in [5.41, 5.74) is 2.57. The lowest BCUT2D eigenvalue weighted by molar-refractivity contribution is 0.102. The van der Waals surface area contributed by atoms with E-state index in [1.807, 2.05) is 43.3 Å². The average molecular weight is 345 g/mol. The number of rotatable bonds is 5. The summed E-state index contributed by atoms with van der Waals surface area (Å²) in [4.78, 5) is 12.2. The molecule has 0 aliphatic carbocycles. The number of hydrogen-bond donors (Lipinski definition) is 0. The van der Waals surface area contributed by atoms with E-state index in [-0.39, 0.29) is 11.5 Å². The number of carbonyl (C=O) groups is 1. The first kappa shape index (κ1) is 15.7. The van der Waals surface area contributed by atoms with E-state index < -0.39 is 0 Å². The summed E-state index contributed by atoms with van der Waals surface area (Å²) >= 11 is 7.29. The highest BCUT2D eigenvalue weighted by molar-refractivity contribution is 7.99.